The van der Waals surface area contributed by atoms with Crippen LogP contribution in [0.2, 0.25) is 0 Å². The standard InChI is InChI=1S/C12H22F2O2S/c1-9(2)12(16-10(3)15)17-8-6-4-5-7-11(13)14/h9,11-12H,4-8H2,1-3H3. The number of hydrogen-bond acceptors (Lipinski definition) is 3. The maximum absolute atomic E-state index is 11.9. The molecule has 0 aromatic rings. The molecule has 0 rings (SSSR count). The van der Waals surface area contributed by atoms with Gasteiger partial charge in [0, 0.05) is 13.3 Å². The van der Waals surface area contributed by atoms with E-state index in [9.17, 15) is 13.6 Å². The molecule has 5 heteroatoms. The third kappa shape index (κ3) is 10.5. The van der Waals surface area contributed by atoms with Gasteiger partial charge >= 0.3 is 5.97 Å². The van der Waals surface area contributed by atoms with Crippen molar-refractivity contribution in [2.45, 2.75) is 58.3 Å². The Kier molecular flexibility index (Phi) is 9.50. The smallest absolute Gasteiger partial charge is 0.303 e. The summed E-state index contributed by atoms with van der Waals surface area (Å²) in [7, 11) is 0. The van der Waals surface area contributed by atoms with Crippen molar-refractivity contribution in [2.75, 3.05) is 5.75 Å². The number of carbonyl (C=O) groups excluding carboxylic acids is 1. The Hall–Kier alpha value is -0.320. The van der Waals surface area contributed by atoms with Crippen LogP contribution in [0, 0.1) is 5.92 Å². The first-order valence-corrected chi connectivity index (χ1v) is 7.05. The molecule has 0 spiro atoms. The van der Waals surface area contributed by atoms with Crippen molar-refractivity contribution in [3.05, 3.63) is 0 Å². The molecule has 0 bridgehead atoms. The van der Waals surface area contributed by atoms with Crippen LogP contribution in [-0.2, 0) is 9.53 Å². The van der Waals surface area contributed by atoms with E-state index in [1.807, 2.05) is 13.8 Å². The lowest BCUT2D eigenvalue weighted by Gasteiger charge is -2.19. The second-order valence-electron chi connectivity index (χ2n) is 4.33. The molecular weight excluding hydrogens is 246 g/mol. The third-order valence-corrected chi connectivity index (χ3v) is 3.67. The molecule has 102 valence electrons. The maximum Gasteiger partial charge on any atom is 0.303 e. The largest absolute Gasteiger partial charge is 0.451 e. The average Bonchev–Trinajstić information content (AvgIpc) is 2.20. The van der Waals surface area contributed by atoms with Gasteiger partial charge in [0.1, 0.15) is 5.44 Å². The monoisotopic (exact) mass is 268 g/mol. The van der Waals surface area contributed by atoms with Crippen molar-refractivity contribution < 1.29 is 18.3 Å². The molecular formula is C12H22F2O2S. The Morgan fingerprint density at radius 3 is 2.35 bits per heavy atom. The molecule has 0 heterocycles. The van der Waals surface area contributed by atoms with E-state index in [-0.39, 0.29) is 23.7 Å². The van der Waals surface area contributed by atoms with Crippen molar-refractivity contribution in [1.29, 1.82) is 0 Å². The summed E-state index contributed by atoms with van der Waals surface area (Å²) in [6.45, 7) is 5.40. The quantitative estimate of drug-likeness (QED) is 0.358. The minimum Gasteiger partial charge on any atom is -0.451 e. The highest BCUT2D eigenvalue weighted by atomic mass is 32.2. The van der Waals surface area contributed by atoms with E-state index < -0.39 is 6.43 Å². The van der Waals surface area contributed by atoms with E-state index in [0.29, 0.717) is 6.42 Å². The number of thioether (sulfide) groups is 1. The molecule has 0 saturated heterocycles. The topological polar surface area (TPSA) is 26.3 Å². The molecule has 17 heavy (non-hydrogen) atoms. The van der Waals surface area contributed by atoms with E-state index >= 15 is 0 Å². The summed E-state index contributed by atoms with van der Waals surface area (Å²) < 4.78 is 28.9. The van der Waals surface area contributed by atoms with Crippen molar-refractivity contribution in [2.24, 2.45) is 5.92 Å². The van der Waals surface area contributed by atoms with Crippen LogP contribution in [0.25, 0.3) is 0 Å². The molecule has 0 aromatic carbocycles. The number of hydrogen-bond donors (Lipinski definition) is 0. The third-order valence-electron chi connectivity index (χ3n) is 2.18. The molecule has 0 aliphatic carbocycles. The van der Waals surface area contributed by atoms with E-state index in [1.165, 1.54) is 6.92 Å². The van der Waals surface area contributed by atoms with Crippen LogP contribution in [0.5, 0.6) is 0 Å². The summed E-state index contributed by atoms with van der Waals surface area (Å²) in [5.74, 6) is 0.846. The van der Waals surface area contributed by atoms with Gasteiger partial charge in [-0.05, 0) is 24.5 Å². The zero-order valence-electron chi connectivity index (χ0n) is 10.7. The summed E-state index contributed by atoms with van der Waals surface area (Å²) in [5.41, 5.74) is -0.123. The highest BCUT2D eigenvalue weighted by molar-refractivity contribution is 7.99. The second kappa shape index (κ2) is 9.68. The van der Waals surface area contributed by atoms with Gasteiger partial charge in [-0.3, -0.25) is 4.79 Å². The summed E-state index contributed by atoms with van der Waals surface area (Å²) in [6.07, 6.45) is 0.0666. The summed E-state index contributed by atoms with van der Waals surface area (Å²) >= 11 is 1.59. The van der Waals surface area contributed by atoms with Gasteiger partial charge in [-0.2, -0.15) is 0 Å². The van der Waals surface area contributed by atoms with Gasteiger partial charge in [-0.15, -0.1) is 11.8 Å². The van der Waals surface area contributed by atoms with Crippen LogP contribution in [0.1, 0.15) is 46.5 Å². The SMILES string of the molecule is CC(=O)OC(SCCCCCC(F)F)C(C)C. The molecule has 0 N–H and O–H groups in total. The van der Waals surface area contributed by atoms with Crippen LogP contribution in [-0.4, -0.2) is 23.6 Å². The van der Waals surface area contributed by atoms with E-state index in [1.54, 1.807) is 11.8 Å². The van der Waals surface area contributed by atoms with Gasteiger partial charge in [0.05, 0.1) is 0 Å². The number of ether oxygens (including phenoxy) is 1. The van der Waals surface area contributed by atoms with Crippen LogP contribution in [0.15, 0.2) is 0 Å². The maximum atomic E-state index is 11.9. The van der Waals surface area contributed by atoms with E-state index in [2.05, 4.69) is 0 Å². The first-order valence-electron chi connectivity index (χ1n) is 6.00. The van der Waals surface area contributed by atoms with E-state index in [0.717, 1.165) is 18.6 Å². The minimum absolute atomic E-state index is 0.0117. The van der Waals surface area contributed by atoms with Crippen molar-refractivity contribution in [3.8, 4) is 0 Å². The number of halogens is 2. The molecule has 0 amide bonds. The van der Waals surface area contributed by atoms with Gasteiger partial charge < -0.3 is 4.74 Å². The van der Waals surface area contributed by atoms with Crippen molar-refractivity contribution in [1.82, 2.24) is 0 Å². The number of unbranched alkanes of at least 4 members (excludes halogenated alkanes) is 2. The molecule has 0 aromatic heterocycles. The van der Waals surface area contributed by atoms with Crippen LogP contribution in [0.4, 0.5) is 8.78 Å². The van der Waals surface area contributed by atoms with Crippen LogP contribution < -0.4 is 0 Å². The number of alkyl halides is 2. The Balaban J connectivity index is 3.58. The molecule has 1 unspecified atom stereocenters. The number of rotatable bonds is 9. The first kappa shape index (κ1) is 16.7. The summed E-state index contributed by atoms with van der Waals surface area (Å²) in [4.78, 5) is 10.8. The molecule has 1 atom stereocenters. The minimum atomic E-state index is -2.19. The molecule has 0 saturated carbocycles. The Morgan fingerprint density at radius 1 is 1.24 bits per heavy atom. The highest BCUT2D eigenvalue weighted by Gasteiger charge is 2.16. The normalized spacial score (nSPS) is 13.1. The fourth-order valence-electron chi connectivity index (χ4n) is 1.30. The molecule has 0 aliphatic heterocycles. The Bertz CT molecular complexity index is 211. The highest BCUT2D eigenvalue weighted by Crippen LogP contribution is 2.22. The fraction of sp³-hybridized carbons (Fsp3) is 0.917. The predicted molar refractivity (Wildman–Crippen MR) is 67.3 cm³/mol. The van der Waals surface area contributed by atoms with Gasteiger partial charge in [0.2, 0.25) is 6.43 Å². The van der Waals surface area contributed by atoms with Crippen LogP contribution in [0.3, 0.4) is 0 Å². The zero-order chi connectivity index (χ0) is 13.3. The second-order valence-corrected chi connectivity index (χ2v) is 5.54. The Morgan fingerprint density at radius 2 is 1.88 bits per heavy atom. The van der Waals surface area contributed by atoms with Gasteiger partial charge in [0.15, 0.2) is 0 Å². The summed E-state index contributed by atoms with van der Waals surface area (Å²) in [5, 5.41) is 0. The van der Waals surface area contributed by atoms with Crippen molar-refractivity contribution in [3.63, 3.8) is 0 Å². The van der Waals surface area contributed by atoms with Crippen molar-refractivity contribution >= 4 is 17.7 Å². The first-order chi connectivity index (χ1) is 7.93. The average molecular weight is 268 g/mol. The van der Waals surface area contributed by atoms with Crippen LogP contribution >= 0.6 is 11.8 Å². The molecule has 0 radical (unpaired) electrons. The van der Waals surface area contributed by atoms with Gasteiger partial charge in [-0.1, -0.05) is 20.3 Å². The van der Waals surface area contributed by atoms with Gasteiger partial charge in [0.25, 0.3) is 0 Å². The number of esters is 1. The molecule has 0 aliphatic rings. The van der Waals surface area contributed by atoms with Gasteiger partial charge in [-0.25, -0.2) is 8.78 Å². The predicted octanol–water partition coefficient (Wildman–Crippen LogP) is 4.09. The number of carbonyl (C=O) groups is 1. The summed E-state index contributed by atoms with van der Waals surface area (Å²) in [6, 6.07) is 0. The Labute approximate surface area is 106 Å². The molecule has 2 nitrogen and oxygen atoms in total. The van der Waals surface area contributed by atoms with E-state index in [4.69, 9.17) is 4.74 Å². The zero-order valence-corrected chi connectivity index (χ0v) is 11.6. The lowest BCUT2D eigenvalue weighted by atomic mass is 10.2. The lowest BCUT2D eigenvalue weighted by Crippen LogP contribution is -2.19. The molecule has 0 fully saturated rings. The fourth-order valence-corrected chi connectivity index (χ4v) is 2.49. The lowest BCUT2D eigenvalue weighted by molar-refractivity contribution is -0.143.